The maximum absolute atomic E-state index is 2.31. The Bertz CT molecular complexity index is 1290. The molecule has 0 aliphatic rings. The molecule has 3 aromatic carbocycles. The molecule has 0 N–H and O–H groups in total. The first-order valence-corrected chi connectivity index (χ1v) is 10.2. The van der Waals surface area contributed by atoms with Gasteiger partial charge in [-0.2, -0.15) is 0 Å². The monoisotopic (exact) mass is 376 g/mol. The quantitative estimate of drug-likeness (QED) is 0.297. The molecule has 2 aromatic heterocycles. The van der Waals surface area contributed by atoms with E-state index < -0.39 is 0 Å². The average Bonchev–Trinajstić information content (AvgIpc) is 2.78. The summed E-state index contributed by atoms with van der Waals surface area (Å²) >= 11 is 0. The Morgan fingerprint density at radius 3 is 1.72 bits per heavy atom. The molecule has 29 heavy (non-hydrogen) atoms. The second-order valence-corrected chi connectivity index (χ2v) is 7.56. The molecule has 0 aliphatic carbocycles. The van der Waals surface area contributed by atoms with Gasteiger partial charge in [0, 0.05) is 29.8 Å². The largest absolute Gasteiger partial charge is 0.205 e. The van der Waals surface area contributed by atoms with E-state index in [0.29, 0.717) is 0 Å². The van der Waals surface area contributed by atoms with Gasteiger partial charge < -0.3 is 0 Å². The van der Waals surface area contributed by atoms with Crippen LogP contribution in [0.15, 0.2) is 104 Å². The highest BCUT2D eigenvalue weighted by Gasteiger charge is 2.07. The molecular formula is C27H24N2+2. The van der Waals surface area contributed by atoms with E-state index in [4.69, 9.17) is 0 Å². The number of benzene rings is 3. The highest BCUT2D eigenvalue weighted by molar-refractivity contribution is 5.98. The van der Waals surface area contributed by atoms with Crippen molar-refractivity contribution < 1.29 is 9.13 Å². The Labute approximate surface area is 171 Å². The maximum atomic E-state index is 2.31. The molecule has 0 atom stereocenters. The van der Waals surface area contributed by atoms with Crippen LogP contribution in [0.1, 0.15) is 12.5 Å². The molecule has 2 heterocycles. The molecule has 0 aliphatic heterocycles. The Morgan fingerprint density at radius 1 is 0.552 bits per heavy atom. The van der Waals surface area contributed by atoms with E-state index in [9.17, 15) is 0 Å². The minimum absolute atomic E-state index is 0.869. The van der Waals surface area contributed by atoms with E-state index in [-0.39, 0.29) is 0 Å². The summed E-state index contributed by atoms with van der Waals surface area (Å²) in [5.41, 5.74) is 3.81. The Balaban J connectivity index is 1.40. The van der Waals surface area contributed by atoms with Gasteiger partial charge in [0.25, 0.3) is 0 Å². The summed E-state index contributed by atoms with van der Waals surface area (Å²) in [6.07, 6.45) is 8.60. The lowest BCUT2D eigenvalue weighted by molar-refractivity contribution is -0.693. The number of hydrogen-bond donors (Lipinski definition) is 0. The SMILES string of the molecule is CC[n+]1ccc(-c2cc[n+](Cc3ccc4cc5ccccc5cc4c3)cc2)cc1. The van der Waals surface area contributed by atoms with E-state index in [1.807, 2.05) is 0 Å². The Morgan fingerprint density at radius 2 is 1.10 bits per heavy atom. The van der Waals surface area contributed by atoms with Crippen molar-refractivity contribution in [3.05, 3.63) is 109 Å². The van der Waals surface area contributed by atoms with Crippen LogP contribution >= 0.6 is 0 Å². The first-order chi connectivity index (χ1) is 14.3. The predicted octanol–water partition coefficient (Wildman–Crippen LogP) is 5.30. The Hall–Kier alpha value is -3.52. The van der Waals surface area contributed by atoms with Crippen LogP contribution < -0.4 is 9.13 Å². The fourth-order valence-corrected chi connectivity index (χ4v) is 3.91. The van der Waals surface area contributed by atoms with Gasteiger partial charge in [0.05, 0.1) is 0 Å². The van der Waals surface area contributed by atoms with E-state index in [1.165, 1.54) is 38.2 Å². The number of rotatable bonds is 4. The van der Waals surface area contributed by atoms with Crippen LogP contribution in [-0.2, 0) is 13.1 Å². The lowest BCUT2D eigenvalue weighted by Crippen LogP contribution is -2.33. The molecule has 0 radical (unpaired) electrons. The van der Waals surface area contributed by atoms with Crippen LogP contribution in [0.5, 0.6) is 0 Å². The zero-order valence-corrected chi connectivity index (χ0v) is 16.6. The molecule has 140 valence electrons. The zero-order chi connectivity index (χ0) is 19.6. The average molecular weight is 377 g/mol. The van der Waals surface area contributed by atoms with Gasteiger partial charge in [-0.25, -0.2) is 9.13 Å². The van der Waals surface area contributed by atoms with Crippen molar-refractivity contribution in [1.82, 2.24) is 0 Å². The van der Waals surface area contributed by atoms with Gasteiger partial charge in [-0.05, 0) is 57.8 Å². The summed E-state index contributed by atoms with van der Waals surface area (Å²) in [6, 6.07) is 28.6. The molecule has 0 bridgehead atoms. The third kappa shape index (κ3) is 3.62. The van der Waals surface area contributed by atoms with Crippen LogP contribution in [0.4, 0.5) is 0 Å². The number of hydrogen-bond acceptors (Lipinski definition) is 0. The molecule has 2 heteroatoms. The first kappa shape index (κ1) is 17.6. The van der Waals surface area contributed by atoms with Crippen LogP contribution in [-0.4, -0.2) is 0 Å². The molecule has 5 aromatic rings. The summed E-state index contributed by atoms with van der Waals surface area (Å²) in [5, 5.41) is 5.18. The number of aryl methyl sites for hydroxylation is 1. The number of fused-ring (bicyclic) bond motifs is 2. The summed E-state index contributed by atoms with van der Waals surface area (Å²) in [4.78, 5) is 0. The Kier molecular flexibility index (Phi) is 4.53. The second kappa shape index (κ2) is 7.48. The highest BCUT2D eigenvalue weighted by Crippen LogP contribution is 2.24. The fraction of sp³-hybridized carbons (Fsp3) is 0.111. The zero-order valence-electron chi connectivity index (χ0n) is 16.6. The van der Waals surface area contributed by atoms with E-state index >= 15 is 0 Å². The van der Waals surface area contributed by atoms with Gasteiger partial charge in [-0.3, -0.25) is 0 Å². The van der Waals surface area contributed by atoms with Crippen LogP contribution in [0, 0.1) is 0 Å². The van der Waals surface area contributed by atoms with Gasteiger partial charge >= 0.3 is 0 Å². The maximum Gasteiger partial charge on any atom is 0.173 e. The molecule has 0 unspecified atom stereocenters. The third-order valence-corrected chi connectivity index (χ3v) is 5.62. The van der Waals surface area contributed by atoms with E-state index in [2.05, 4.69) is 120 Å². The van der Waals surface area contributed by atoms with Crippen molar-refractivity contribution in [2.45, 2.75) is 20.0 Å². The van der Waals surface area contributed by atoms with Crippen molar-refractivity contribution in [3.63, 3.8) is 0 Å². The van der Waals surface area contributed by atoms with Crippen LogP contribution in [0.25, 0.3) is 32.7 Å². The van der Waals surface area contributed by atoms with Crippen LogP contribution in [0.2, 0.25) is 0 Å². The van der Waals surface area contributed by atoms with Crippen molar-refractivity contribution in [1.29, 1.82) is 0 Å². The first-order valence-electron chi connectivity index (χ1n) is 10.2. The van der Waals surface area contributed by atoms with E-state index in [1.54, 1.807) is 0 Å². The molecule has 0 spiro atoms. The summed E-state index contributed by atoms with van der Waals surface area (Å²) in [5.74, 6) is 0. The van der Waals surface area contributed by atoms with E-state index in [0.717, 1.165) is 13.1 Å². The van der Waals surface area contributed by atoms with Crippen LogP contribution in [0.3, 0.4) is 0 Å². The molecule has 2 nitrogen and oxygen atoms in total. The van der Waals surface area contributed by atoms with Crippen molar-refractivity contribution >= 4 is 21.5 Å². The molecule has 0 fully saturated rings. The standard InChI is InChI=1S/C27H24N2/c1-2-28-13-9-22(10-14-28)23-11-15-29(16-12-23)20-21-7-8-26-18-24-5-3-4-6-25(24)19-27(26)17-21/h3-19H,2,20H2,1H3/q+2. The minimum Gasteiger partial charge on any atom is -0.205 e. The molecular weight excluding hydrogens is 352 g/mol. The second-order valence-electron chi connectivity index (χ2n) is 7.56. The highest BCUT2D eigenvalue weighted by atomic mass is 14.9. The fourth-order valence-electron chi connectivity index (χ4n) is 3.91. The minimum atomic E-state index is 0.869. The topological polar surface area (TPSA) is 7.76 Å². The summed E-state index contributed by atoms with van der Waals surface area (Å²) < 4.78 is 4.41. The van der Waals surface area contributed by atoms with Crippen molar-refractivity contribution in [2.75, 3.05) is 0 Å². The number of nitrogens with zero attached hydrogens (tertiary/aromatic N) is 2. The lowest BCUT2D eigenvalue weighted by atomic mass is 10.0. The third-order valence-electron chi connectivity index (χ3n) is 5.62. The number of pyridine rings is 2. The number of aromatic nitrogens is 2. The van der Waals surface area contributed by atoms with Gasteiger partial charge in [-0.1, -0.05) is 36.4 Å². The van der Waals surface area contributed by atoms with Gasteiger partial charge in [0.1, 0.15) is 6.54 Å². The molecule has 0 saturated heterocycles. The normalized spacial score (nSPS) is 11.2. The summed E-state index contributed by atoms with van der Waals surface area (Å²) in [6.45, 7) is 4.02. The molecule has 0 amide bonds. The molecule has 5 rings (SSSR count). The molecule has 0 saturated carbocycles. The van der Waals surface area contributed by atoms with Crippen molar-refractivity contribution in [3.8, 4) is 11.1 Å². The lowest BCUT2D eigenvalue weighted by Gasteiger charge is -2.05. The van der Waals surface area contributed by atoms with Crippen molar-refractivity contribution in [2.24, 2.45) is 0 Å². The van der Waals surface area contributed by atoms with Gasteiger partial charge in [0.15, 0.2) is 31.3 Å². The van der Waals surface area contributed by atoms with Gasteiger partial charge in [-0.15, -0.1) is 0 Å². The predicted molar refractivity (Wildman–Crippen MR) is 118 cm³/mol. The smallest absolute Gasteiger partial charge is 0.173 e. The van der Waals surface area contributed by atoms with Gasteiger partial charge in [0.2, 0.25) is 0 Å². The summed E-state index contributed by atoms with van der Waals surface area (Å²) in [7, 11) is 0.